The number of aromatic nitrogens is 1. The molecule has 2 aromatic carbocycles. The molecule has 13 heteroatoms. The van der Waals surface area contributed by atoms with Gasteiger partial charge in [0.15, 0.2) is 14.1 Å². The number of hydrogen-bond donors (Lipinski definition) is 0. The van der Waals surface area contributed by atoms with E-state index < -0.39 is 20.0 Å². The molecule has 2 bridgehead atoms. The molecule has 3 heterocycles. The molecule has 6 rings (SSSR count). The average Bonchev–Trinajstić information content (AvgIpc) is 3.95. The fraction of sp³-hybridized carbons (Fsp3) is 0.553. The Kier molecular flexibility index (Phi) is 14.2. The molecule has 0 radical (unpaired) electrons. The molecule has 1 aromatic heterocycles. The monoisotopic (exact) mass is 879 g/mol. The minimum absolute atomic E-state index is 0.0428. The van der Waals surface area contributed by atoms with Crippen LogP contribution in [0.15, 0.2) is 54.2 Å². The lowest BCUT2D eigenvalue weighted by atomic mass is 9.87. The molecule has 10 nitrogen and oxygen atoms in total. The van der Waals surface area contributed by atoms with E-state index >= 15 is 4.79 Å². The highest BCUT2D eigenvalue weighted by Crippen LogP contribution is 2.46. The summed E-state index contributed by atoms with van der Waals surface area (Å²) < 4.78 is 30.4. The van der Waals surface area contributed by atoms with E-state index in [1.165, 1.54) is 0 Å². The third kappa shape index (κ3) is 11.0. The number of carbonyl (C=O) groups is 2. The number of amides is 2. The van der Waals surface area contributed by atoms with Gasteiger partial charge in [0.2, 0.25) is 5.88 Å². The number of pyridine rings is 1. The van der Waals surface area contributed by atoms with E-state index in [0.29, 0.717) is 65.6 Å². The Bertz CT molecular complexity index is 2030. The first kappa shape index (κ1) is 45.7. The van der Waals surface area contributed by atoms with Crippen molar-refractivity contribution in [1.82, 2.24) is 14.8 Å². The van der Waals surface area contributed by atoms with Crippen molar-refractivity contribution in [3.8, 4) is 17.4 Å². The van der Waals surface area contributed by atoms with Crippen LogP contribution >= 0.6 is 23.2 Å². The fourth-order valence-electron chi connectivity index (χ4n) is 7.66. The molecule has 1 aliphatic carbocycles. The molecular weight excluding hydrogens is 818 g/mol. The van der Waals surface area contributed by atoms with E-state index in [1.54, 1.807) is 6.20 Å². The fourth-order valence-corrected chi connectivity index (χ4v) is 9.46. The SMILES string of the molecule is Cc1cc(Cl)c(OCCOc2ccc(C3=C(C(=O)N(Cc4ccnc(OCCCO[Si](C)(C)C(C)(C)C)c4C)C4CC4)C4CC[C@@H](C3)N4C(=O)OC(C)(C)C)cc2)c(Cl)c1. The molecule has 3 aliphatic rings. The minimum Gasteiger partial charge on any atom is -0.490 e. The van der Waals surface area contributed by atoms with Crippen LogP contribution in [0.4, 0.5) is 4.79 Å². The highest BCUT2D eigenvalue weighted by molar-refractivity contribution is 6.74. The second-order valence-electron chi connectivity index (χ2n) is 18.9. The van der Waals surface area contributed by atoms with Crippen LogP contribution in [0.5, 0.6) is 17.4 Å². The number of ether oxygens (including phenoxy) is 4. The van der Waals surface area contributed by atoms with Crippen molar-refractivity contribution in [2.75, 3.05) is 26.4 Å². The molecule has 60 heavy (non-hydrogen) atoms. The summed E-state index contributed by atoms with van der Waals surface area (Å²) in [5, 5.41) is 1.06. The van der Waals surface area contributed by atoms with Gasteiger partial charge in [-0.05, 0) is 137 Å². The van der Waals surface area contributed by atoms with Crippen LogP contribution in [0.2, 0.25) is 28.2 Å². The normalized spacial score (nSPS) is 18.1. The molecule has 326 valence electrons. The Balaban J connectivity index is 1.21. The maximum absolute atomic E-state index is 15.2. The van der Waals surface area contributed by atoms with Crippen LogP contribution in [-0.2, 0) is 20.5 Å². The third-order valence-corrected chi connectivity index (χ3v) is 17.1. The first-order valence-corrected chi connectivity index (χ1v) is 25.0. The largest absolute Gasteiger partial charge is 0.490 e. The van der Waals surface area contributed by atoms with E-state index in [9.17, 15) is 4.79 Å². The predicted molar refractivity (Wildman–Crippen MR) is 241 cm³/mol. The summed E-state index contributed by atoms with van der Waals surface area (Å²) in [7, 11) is -1.84. The Labute approximate surface area is 368 Å². The number of benzene rings is 2. The molecule has 1 saturated heterocycles. The Morgan fingerprint density at radius 3 is 2.17 bits per heavy atom. The number of aryl methyl sites for hydroxylation is 1. The highest BCUT2D eigenvalue weighted by Gasteiger charge is 2.49. The van der Waals surface area contributed by atoms with Gasteiger partial charge in [0.05, 0.1) is 22.7 Å². The smallest absolute Gasteiger partial charge is 0.411 e. The molecule has 2 amide bonds. The van der Waals surface area contributed by atoms with Gasteiger partial charge < -0.3 is 28.3 Å². The van der Waals surface area contributed by atoms with Crippen molar-refractivity contribution in [3.63, 3.8) is 0 Å². The van der Waals surface area contributed by atoms with Gasteiger partial charge in [0.1, 0.15) is 24.6 Å². The molecule has 2 atom stereocenters. The van der Waals surface area contributed by atoms with Crippen molar-refractivity contribution in [2.45, 2.75) is 142 Å². The maximum atomic E-state index is 15.2. The van der Waals surface area contributed by atoms with Crippen molar-refractivity contribution >= 4 is 49.1 Å². The maximum Gasteiger partial charge on any atom is 0.411 e. The third-order valence-electron chi connectivity index (χ3n) is 12.0. The lowest BCUT2D eigenvalue weighted by Gasteiger charge is -2.39. The Morgan fingerprint density at radius 1 is 0.867 bits per heavy atom. The van der Waals surface area contributed by atoms with Gasteiger partial charge in [-0.1, -0.05) is 56.1 Å². The van der Waals surface area contributed by atoms with Crippen LogP contribution in [-0.4, -0.2) is 85.3 Å². The average molecular weight is 881 g/mol. The lowest BCUT2D eigenvalue weighted by molar-refractivity contribution is -0.129. The van der Waals surface area contributed by atoms with Crippen molar-refractivity contribution < 1.29 is 33.0 Å². The van der Waals surface area contributed by atoms with Crippen molar-refractivity contribution in [1.29, 1.82) is 0 Å². The van der Waals surface area contributed by atoms with Crippen molar-refractivity contribution in [2.24, 2.45) is 0 Å². The van der Waals surface area contributed by atoms with Gasteiger partial charge in [-0.2, -0.15) is 0 Å². The van der Waals surface area contributed by atoms with Gasteiger partial charge in [-0.15, -0.1) is 0 Å². The number of hydrogen-bond acceptors (Lipinski definition) is 8. The molecule has 2 fully saturated rings. The van der Waals surface area contributed by atoms with Crippen LogP contribution in [0.25, 0.3) is 5.57 Å². The standard InChI is InChI=1S/C47H63Cl2N3O7Si/c1-30-26-38(48)42(39(49)27-30)56-25-24-55-36-17-12-32(13-18-36)37-28-35-16-19-40(52(35)45(54)59-46(3,4)5)41(37)44(53)51(34-14-15-34)29-33-20-21-50-43(31(33)2)57-22-11-23-58-60(9,10)47(6,7)8/h12-13,17-18,20-21,26-27,34-35,40H,11,14-16,19,22-25,28-29H2,1-10H3/t35-,40?/m0/s1. The zero-order valence-electron chi connectivity index (χ0n) is 37.1. The summed E-state index contributed by atoms with van der Waals surface area (Å²) in [4.78, 5) is 37.4. The van der Waals surface area contributed by atoms with Gasteiger partial charge in [0.25, 0.3) is 5.91 Å². The van der Waals surface area contributed by atoms with Crippen LogP contribution < -0.4 is 14.2 Å². The molecule has 2 aliphatic heterocycles. The molecule has 0 spiro atoms. The van der Waals surface area contributed by atoms with E-state index in [2.05, 4.69) is 38.8 Å². The van der Waals surface area contributed by atoms with E-state index in [-0.39, 0.29) is 42.3 Å². The number of rotatable bonds is 16. The summed E-state index contributed by atoms with van der Waals surface area (Å²) in [5.74, 6) is 1.64. The summed E-state index contributed by atoms with van der Waals surface area (Å²) in [6.45, 7) is 22.9. The molecular formula is C47H63Cl2N3O7Si. The summed E-state index contributed by atoms with van der Waals surface area (Å²) in [6, 6.07) is 13.1. The van der Waals surface area contributed by atoms with E-state index in [0.717, 1.165) is 53.5 Å². The van der Waals surface area contributed by atoms with Crippen LogP contribution in [0.1, 0.15) is 102 Å². The summed E-state index contributed by atoms with van der Waals surface area (Å²) in [6.07, 6.45) is 6.03. The van der Waals surface area contributed by atoms with Crippen LogP contribution in [0.3, 0.4) is 0 Å². The molecule has 1 saturated carbocycles. The quantitative estimate of drug-likeness (QED) is 0.104. The molecule has 1 unspecified atom stereocenters. The number of carbonyl (C=O) groups excluding carboxylic acids is 2. The first-order valence-electron chi connectivity index (χ1n) is 21.3. The van der Waals surface area contributed by atoms with E-state index in [1.807, 2.05) is 86.9 Å². The van der Waals surface area contributed by atoms with Gasteiger partial charge in [0, 0.05) is 49.0 Å². The summed E-state index contributed by atoms with van der Waals surface area (Å²) in [5.41, 5.74) is 4.76. The van der Waals surface area contributed by atoms with Gasteiger partial charge in [-0.3, -0.25) is 9.69 Å². The topological polar surface area (TPSA) is 99.7 Å². The predicted octanol–water partition coefficient (Wildman–Crippen LogP) is 11.4. The summed E-state index contributed by atoms with van der Waals surface area (Å²) >= 11 is 12.7. The first-order chi connectivity index (χ1) is 28.2. The number of nitrogens with zero attached hydrogens (tertiary/aromatic N) is 3. The zero-order valence-corrected chi connectivity index (χ0v) is 39.6. The number of halogens is 2. The zero-order chi connectivity index (χ0) is 43.6. The molecule has 0 N–H and O–H groups in total. The van der Waals surface area contributed by atoms with Gasteiger partial charge >= 0.3 is 6.09 Å². The second-order valence-corrected chi connectivity index (χ2v) is 24.5. The Hall–Kier alpha value is -3.77. The second kappa shape index (κ2) is 18.7. The van der Waals surface area contributed by atoms with Gasteiger partial charge in [-0.25, -0.2) is 9.78 Å². The van der Waals surface area contributed by atoms with Crippen molar-refractivity contribution in [3.05, 3.63) is 86.5 Å². The lowest BCUT2D eigenvalue weighted by Crippen LogP contribution is -2.50. The highest BCUT2D eigenvalue weighted by atomic mass is 35.5. The Morgan fingerprint density at radius 2 is 1.53 bits per heavy atom. The minimum atomic E-state index is -1.84. The number of fused-ring (bicyclic) bond motifs is 2. The molecule has 3 aromatic rings. The van der Waals surface area contributed by atoms with E-state index in [4.69, 9.17) is 46.6 Å². The van der Waals surface area contributed by atoms with Crippen LogP contribution in [0, 0.1) is 13.8 Å².